The topological polar surface area (TPSA) is 78.1 Å². The molecular weight excluding hydrogens is 388 g/mol. The van der Waals surface area contributed by atoms with Crippen LogP contribution in [0.15, 0.2) is 47.3 Å². The van der Waals surface area contributed by atoms with Gasteiger partial charge >= 0.3 is 0 Å². The van der Waals surface area contributed by atoms with E-state index in [9.17, 15) is 9.59 Å². The number of benzene rings is 2. The molecule has 0 aliphatic carbocycles. The van der Waals surface area contributed by atoms with Crippen LogP contribution in [0.5, 0.6) is 0 Å². The molecule has 3 aromatic rings. The predicted molar refractivity (Wildman–Crippen MR) is 117 cm³/mol. The van der Waals surface area contributed by atoms with Crippen LogP contribution in [0, 0.1) is 6.92 Å². The first-order valence-electron chi connectivity index (χ1n) is 9.65. The van der Waals surface area contributed by atoms with Crippen LogP contribution in [0.2, 0.25) is 5.02 Å². The van der Waals surface area contributed by atoms with Gasteiger partial charge in [-0.25, -0.2) is 4.98 Å². The molecule has 152 valence electrons. The van der Waals surface area contributed by atoms with Crippen molar-refractivity contribution >= 4 is 34.1 Å². The van der Waals surface area contributed by atoms with Crippen molar-refractivity contribution in [2.24, 2.45) is 0 Å². The molecule has 0 spiro atoms. The van der Waals surface area contributed by atoms with Gasteiger partial charge in [-0.1, -0.05) is 36.7 Å². The number of aromatic nitrogens is 2. The number of nitrogens with zero attached hydrogens (tertiary/aromatic N) is 2. The highest BCUT2D eigenvalue weighted by molar-refractivity contribution is 6.31. The molecule has 0 aliphatic rings. The third kappa shape index (κ3) is 5.22. The normalized spacial score (nSPS) is 12.3. The lowest BCUT2D eigenvalue weighted by Crippen LogP contribution is -2.39. The number of halogens is 1. The summed E-state index contributed by atoms with van der Waals surface area (Å²) in [6, 6.07) is 12.8. The number of H-pyrrole nitrogens is 1. The molecule has 0 fully saturated rings. The Bertz CT molecular complexity index is 1080. The standard InChI is InChI=1S/C22H25ClN4O2/c1-4-15(3)27(13-21(28)25-19-11-16(23)10-9-14(19)2)12-20-24-18-8-6-5-7-17(18)22(29)26-20/h5-11,15H,4,12-13H2,1-3H3,(H,25,28)(H,24,26,29). The van der Waals surface area contributed by atoms with Gasteiger partial charge in [0.15, 0.2) is 0 Å². The van der Waals surface area contributed by atoms with Crippen LogP contribution < -0.4 is 10.9 Å². The number of para-hydroxylation sites is 1. The molecule has 0 aliphatic heterocycles. The monoisotopic (exact) mass is 412 g/mol. The Morgan fingerprint density at radius 1 is 1.28 bits per heavy atom. The summed E-state index contributed by atoms with van der Waals surface area (Å²) in [7, 11) is 0. The second-order valence-corrected chi connectivity index (χ2v) is 7.64. The second kappa shape index (κ2) is 9.20. The van der Waals surface area contributed by atoms with Crippen molar-refractivity contribution in [1.82, 2.24) is 14.9 Å². The number of rotatable bonds is 7. The van der Waals surface area contributed by atoms with Crippen molar-refractivity contribution in [2.75, 3.05) is 11.9 Å². The van der Waals surface area contributed by atoms with E-state index in [4.69, 9.17) is 11.6 Å². The van der Waals surface area contributed by atoms with Gasteiger partial charge in [0.25, 0.3) is 5.56 Å². The van der Waals surface area contributed by atoms with Gasteiger partial charge in [-0.3, -0.25) is 14.5 Å². The number of aryl methyl sites for hydroxylation is 1. The van der Waals surface area contributed by atoms with E-state index in [1.807, 2.05) is 36.1 Å². The van der Waals surface area contributed by atoms with Crippen molar-refractivity contribution in [3.05, 3.63) is 69.2 Å². The van der Waals surface area contributed by atoms with Crippen molar-refractivity contribution < 1.29 is 4.79 Å². The molecule has 29 heavy (non-hydrogen) atoms. The Labute approximate surface area is 174 Å². The highest BCUT2D eigenvalue weighted by atomic mass is 35.5. The molecule has 0 bridgehead atoms. The summed E-state index contributed by atoms with van der Waals surface area (Å²) in [5.74, 6) is 0.402. The van der Waals surface area contributed by atoms with Crippen molar-refractivity contribution in [2.45, 2.75) is 39.8 Å². The Kier molecular flexibility index (Phi) is 6.67. The molecule has 1 heterocycles. The second-order valence-electron chi connectivity index (χ2n) is 7.20. The molecule has 0 radical (unpaired) electrons. The Hall–Kier alpha value is -2.70. The summed E-state index contributed by atoms with van der Waals surface area (Å²) in [5, 5.41) is 4.06. The van der Waals surface area contributed by atoms with Gasteiger partial charge < -0.3 is 10.3 Å². The number of nitrogens with one attached hydrogen (secondary N) is 2. The highest BCUT2D eigenvalue weighted by Gasteiger charge is 2.19. The van der Waals surface area contributed by atoms with Crippen LogP contribution in [0.25, 0.3) is 10.9 Å². The van der Waals surface area contributed by atoms with Crippen LogP contribution >= 0.6 is 11.6 Å². The SMILES string of the molecule is CCC(C)N(CC(=O)Nc1cc(Cl)ccc1C)Cc1nc2ccccc2c(=O)[nH]1. The first-order valence-corrected chi connectivity index (χ1v) is 10.0. The quantitative estimate of drug-likeness (QED) is 0.611. The van der Waals surface area contributed by atoms with E-state index in [1.165, 1.54) is 0 Å². The van der Waals surface area contributed by atoms with Crippen LogP contribution in [-0.4, -0.2) is 33.4 Å². The maximum atomic E-state index is 12.7. The number of carbonyl (C=O) groups excluding carboxylic acids is 1. The average molecular weight is 413 g/mol. The molecule has 3 rings (SSSR count). The molecule has 1 amide bonds. The molecular formula is C22H25ClN4O2. The van der Waals surface area contributed by atoms with Crippen LogP contribution in [0.3, 0.4) is 0 Å². The zero-order valence-electron chi connectivity index (χ0n) is 16.8. The molecule has 2 N–H and O–H groups in total. The molecule has 1 aromatic heterocycles. The molecule has 2 aromatic carbocycles. The van der Waals surface area contributed by atoms with E-state index >= 15 is 0 Å². The average Bonchev–Trinajstić information content (AvgIpc) is 2.69. The summed E-state index contributed by atoms with van der Waals surface area (Å²) in [6.45, 7) is 6.58. The summed E-state index contributed by atoms with van der Waals surface area (Å²) in [6.07, 6.45) is 0.862. The van der Waals surface area contributed by atoms with Gasteiger partial charge in [0.2, 0.25) is 5.91 Å². The fraction of sp³-hybridized carbons (Fsp3) is 0.318. The van der Waals surface area contributed by atoms with Crippen molar-refractivity contribution in [3.63, 3.8) is 0 Å². The molecule has 0 saturated carbocycles. The largest absolute Gasteiger partial charge is 0.325 e. The lowest BCUT2D eigenvalue weighted by atomic mass is 10.2. The predicted octanol–water partition coefficient (Wildman–Crippen LogP) is 4.12. The number of hydrogen-bond acceptors (Lipinski definition) is 4. The summed E-state index contributed by atoms with van der Waals surface area (Å²) < 4.78 is 0. The van der Waals surface area contributed by atoms with Crippen molar-refractivity contribution in [1.29, 1.82) is 0 Å². The summed E-state index contributed by atoms with van der Waals surface area (Å²) in [5.41, 5.74) is 2.12. The van der Waals surface area contributed by atoms with Crippen molar-refractivity contribution in [3.8, 4) is 0 Å². The Balaban J connectivity index is 1.79. The van der Waals surface area contributed by atoms with E-state index in [2.05, 4.69) is 29.1 Å². The minimum absolute atomic E-state index is 0.137. The molecule has 1 unspecified atom stereocenters. The molecule has 7 heteroatoms. The van der Waals surface area contributed by atoms with Crippen LogP contribution in [0.4, 0.5) is 5.69 Å². The molecule has 0 saturated heterocycles. The van der Waals surface area contributed by atoms with E-state index in [0.29, 0.717) is 34.0 Å². The number of fused-ring (bicyclic) bond motifs is 1. The van der Waals surface area contributed by atoms with Gasteiger partial charge in [0, 0.05) is 16.8 Å². The Morgan fingerprint density at radius 2 is 2.03 bits per heavy atom. The maximum absolute atomic E-state index is 12.7. The third-order valence-corrected chi connectivity index (χ3v) is 5.28. The van der Waals surface area contributed by atoms with Crippen LogP contribution in [-0.2, 0) is 11.3 Å². The van der Waals surface area contributed by atoms with Gasteiger partial charge in [-0.2, -0.15) is 0 Å². The van der Waals surface area contributed by atoms with Gasteiger partial charge in [0.1, 0.15) is 5.82 Å². The fourth-order valence-corrected chi connectivity index (χ4v) is 3.30. The molecule has 1 atom stereocenters. The van der Waals surface area contributed by atoms with Gasteiger partial charge in [0.05, 0.1) is 24.0 Å². The van der Waals surface area contributed by atoms with E-state index in [0.717, 1.165) is 12.0 Å². The lowest BCUT2D eigenvalue weighted by Gasteiger charge is -2.27. The first-order chi connectivity index (χ1) is 13.9. The van der Waals surface area contributed by atoms with Crippen LogP contribution in [0.1, 0.15) is 31.7 Å². The van der Waals surface area contributed by atoms with E-state index in [-0.39, 0.29) is 24.1 Å². The minimum atomic E-state index is -0.172. The number of anilines is 1. The number of hydrogen-bond donors (Lipinski definition) is 2. The first kappa shape index (κ1) is 21.0. The summed E-state index contributed by atoms with van der Waals surface area (Å²) >= 11 is 6.05. The lowest BCUT2D eigenvalue weighted by molar-refractivity contribution is -0.118. The number of carbonyl (C=O) groups is 1. The fourth-order valence-electron chi connectivity index (χ4n) is 3.13. The number of amides is 1. The van der Waals surface area contributed by atoms with Gasteiger partial charge in [-0.05, 0) is 50.1 Å². The minimum Gasteiger partial charge on any atom is -0.325 e. The third-order valence-electron chi connectivity index (χ3n) is 5.05. The Morgan fingerprint density at radius 3 is 2.79 bits per heavy atom. The van der Waals surface area contributed by atoms with E-state index < -0.39 is 0 Å². The number of aromatic amines is 1. The summed E-state index contributed by atoms with van der Waals surface area (Å²) in [4.78, 5) is 34.4. The zero-order valence-corrected chi connectivity index (χ0v) is 17.6. The molecule has 6 nitrogen and oxygen atoms in total. The smallest absolute Gasteiger partial charge is 0.258 e. The zero-order chi connectivity index (χ0) is 21.0. The highest BCUT2D eigenvalue weighted by Crippen LogP contribution is 2.20. The van der Waals surface area contributed by atoms with Gasteiger partial charge in [-0.15, -0.1) is 0 Å². The maximum Gasteiger partial charge on any atom is 0.258 e. The van der Waals surface area contributed by atoms with E-state index in [1.54, 1.807) is 18.2 Å².